The highest BCUT2D eigenvalue weighted by atomic mass is 16.7. The maximum atomic E-state index is 12.5. The van der Waals surface area contributed by atoms with E-state index in [0.717, 1.165) is 0 Å². The van der Waals surface area contributed by atoms with Crippen LogP contribution in [0, 0.1) is 5.92 Å². The van der Waals surface area contributed by atoms with Gasteiger partial charge in [-0.3, -0.25) is 14.4 Å². The first-order valence-corrected chi connectivity index (χ1v) is 9.23. The van der Waals surface area contributed by atoms with Crippen LogP contribution in [0.2, 0.25) is 0 Å². The molecule has 0 bridgehead atoms. The number of fused-ring (bicyclic) bond motifs is 1. The highest BCUT2D eigenvalue weighted by molar-refractivity contribution is 5.93. The summed E-state index contributed by atoms with van der Waals surface area (Å²) >= 11 is 0. The number of hydrogen-bond donors (Lipinski definition) is 2. The van der Waals surface area contributed by atoms with Crippen LogP contribution in [0.3, 0.4) is 0 Å². The summed E-state index contributed by atoms with van der Waals surface area (Å²) in [7, 11) is 0. The van der Waals surface area contributed by atoms with Gasteiger partial charge >= 0.3 is 5.97 Å². The van der Waals surface area contributed by atoms with Gasteiger partial charge in [0.05, 0.1) is 0 Å². The van der Waals surface area contributed by atoms with Crippen LogP contribution in [-0.4, -0.2) is 47.7 Å². The first-order valence-electron chi connectivity index (χ1n) is 9.23. The Balaban J connectivity index is 1.41. The third-order valence-electron chi connectivity index (χ3n) is 4.89. The highest BCUT2D eigenvalue weighted by Crippen LogP contribution is 2.34. The van der Waals surface area contributed by atoms with Crippen LogP contribution in [0.4, 0.5) is 5.69 Å². The Bertz CT molecular complexity index is 712. The summed E-state index contributed by atoms with van der Waals surface area (Å²) in [5.41, 5.74) is 0.668. The van der Waals surface area contributed by atoms with Crippen molar-refractivity contribution < 1.29 is 29.0 Å². The molecule has 27 heavy (non-hydrogen) atoms. The smallest absolute Gasteiger partial charge is 0.303 e. The second-order valence-corrected chi connectivity index (χ2v) is 6.81. The molecule has 8 nitrogen and oxygen atoms in total. The predicted octanol–water partition coefficient (Wildman–Crippen LogP) is 2.24. The second-order valence-electron chi connectivity index (χ2n) is 6.81. The van der Waals surface area contributed by atoms with Crippen LogP contribution in [0.25, 0.3) is 0 Å². The molecule has 0 radical (unpaired) electrons. The molecule has 1 saturated heterocycles. The number of hydrogen-bond acceptors (Lipinski definition) is 5. The van der Waals surface area contributed by atoms with E-state index in [2.05, 4.69) is 5.32 Å². The van der Waals surface area contributed by atoms with Gasteiger partial charge in [0, 0.05) is 43.6 Å². The maximum Gasteiger partial charge on any atom is 0.303 e. The Morgan fingerprint density at radius 3 is 2.52 bits per heavy atom. The van der Waals surface area contributed by atoms with Gasteiger partial charge < -0.3 is 24.8 Å². The Labute approximate surface area is 157 Å². The van der Waals surface area contributed by atoms with E-state index in [1.165, 1.54) is 0 Å². The molecule has 1 fully saturated rings. The molecule has 1 aromatic carbocycles. The van der Waals surface area contributed by atoms with Gasteiger partial charge in [0.15, 0.2) is 11.5 Å². The van der Waals surface area contributed by atoms with Crippen LogP contribution in [0.5, 0.6) is 11.5 Å². The van der Waals surface area contributed by atoms with Gasteiger partial charge in [0.1, 0.15) is 0 Å². The lowest BCUT2D eigenvalue weighted by Gasteiger charge is -2.31. The summed E-state index contributed by atoms with van der Waals surface area (Å²) < 4.78 is 10.6. The maximum absolute atomic E-state index is 12.5. The number of unbranched alkanes of at least 4 members (excludes halogenated alkanes) is 1. The molecule has 2 N–H and O–H groups in total. The van der Waals surface area contributed by atoms with Gasteiger partial charge in [-0.2, -0.15) is 0 Å². The number of nitrogens with zero attached hydrogens (tertiary/aromatic N) is 1. The molecule has 2 aliphatic rings. The molecule has 2 heterocycles. The number of carbonyl (C=O) groups is 3. The number of ether oxygens (including phenoxy) is 2. The van der Waals surface area contributed by atoms with Gasteiger partial charge in [0.25, 0.3) is 0 Å². The number of nitrogens with one attached hydrogen (secondary N) is 1. The zero-order valence-corrected chi connectivity index (χ0v) is 15.1. The van der Waals surface area contributed by atoms with Crippen LogP contribution < -0.4 is 14.8 Å². The number of carboxylic acids is 1. The standard InChI is InChI=1S/C19H24N2O6/c22-17(3-1-2-4-18(23)24)21-9-7-13(8-10-21)19(25)20-14-5-6-15-16(11-14)27-12-26-15/h5-6,11,13H,1-4,7-10,12H2,(H,20,25)(H,23,24). The molecule has 0 spiro atoms. The quantitative estimate of drug-likeness (QED) is 0.707. The van der Waals surface area contributed by atoms with Gasteiger partial charge in [-0.05, 0) is 37.8 Å². The van der Waals surface area contributed by atoms with Crippen LogP contribution in [-0.2, 0) is 14.4 Å². The van der Waals surface area contributed by atoms with Crippen molar-refractivity contribution in [1.29, 1.82) is 0 Å². The molecule has 3 rings (SSSR count). The molecule has 0 aromatic heterocycles. The normalized spacial score (nSPS) is 16.2. The zero-order valence-electron chi connectivity index (χ0n) is 15.1. The highest BCUT2D eigenvalue weighted by Gasteiger charge is 2.27. The van der Waals surface area contributed by atoms with E-state index in [4.69, 9.17) is 14.6 Å². The fourth-order valence-corrected chi connectivity index (χ4v) is 3.32. The lowest BCUT2D eigenvalue weighted by Crippen LogP contribution is -2.41. The average Bonchev–Trinajstić information content (AvgIpc) is 3.13. The third kappa shape index (κ3) is 5.12. The Morgan fingerprint density at radius 1 is 1.07 bits per heavy atom. The van der Waals surface area contributed by atoms with Crippen molar-refractivity contribution >= 4 is 23.5 Å². The van der Waals surface area contributed by atoms with Gasteiger partial charge in [0.2, 0.25) is 18.6 Å². The van der Waals surface area contributed by atoms with Crippen molar-refractivity contribution in [3.8, 4) is 11.5 Å². The minimum absolute atomic E-state index is 0.0371. The number of benzene rings is 1. The molecule has 0 atom stereocenters. The lowest BCUT2D eigenvalue weighted by molar-refractivity contribution is -0.138. The fraction of sp³-hybridized carbons (Fsp3) is 0.526. The monoisotopic (exact) mass is 376 g/mol. The Kier molecular flexibility index (Phi) is 6.16. The van der Waals surface area contributed by atoms with E-state index in [1.54, 1.807) is 23.1 Å². The third-order valence-corrected chi connectivity index (χ3v) is 4.89. The van der Waals surface area contributed by atoms with Gasteiger partial charge in [-0.15, -0.1) is 0 Å². The predicted molar refractivity (Wildman–Crippen MR) is 96.6 cm³/mol. The molecule has 146 valence electrons. The number of carboxylic acid groups (broad SMARTS) is 1. The van der Waals surface area contributed by atoms with E-state index in [1.807, 2.05) is 0 Å². The average molecular weight is 376 g/mol. The van der Waals surface area contributed by atoms with Crippen LogP contribution in [0.15, 0.2) is 18.2 Å². The summed E-state index contributed by atoms with van der Waals surface area (Å²) in [5, 5.41) is 11.5. The topological polar surface area (TPSA) is 105 Å². The Hall–Kier alpha value is -2.77. The van der Waals surface area contributed by atoms with Crippen molar-refractivity contribution in [3.05, 3.63) is 18.2 Å². The number of anilines is 1. The number of likely N-dealkylation sites (tertiary alicyclic amines) is 1. The minimum Gasteiger partial charge on any atom is -0.481 e. The zero-order chi connectivity index (χ0) is 19.2. The fourth-order valence-electron chi connectivity index (χ4n) is 3.32. The summed E-state index contributed by atoms with van der Waals surface area (Å²) in [4.78, 5) is 36.9. The Morgan fingerprint density at radius 2 is 1.78 bits per heavy atom. The van der Waals surface area contributed by atoms with Gasteiger partial charge in [-0.25, -0.2) is 0 Å². The number of piperidine rings is 1. The molecule has 0 unspecified atom stereocenters. The van der Waals surface area contributed by atoms with E-state index in [-0.39, 0.29) is 30.9 Å². The number of rotatable bonds is 7. The van der Waals surface area contributed by atoms with Crippen LogP contribution in [0.1, 0.15) is 38.5 Å². The van der Waals surface area contributed by atoms with E-state index in [0.29, 0.717) is 62.4 Å². The second kappa shape index (κ2) is 8.75. The minimum atomic E-state index is -0.836. The number of amides is 2. The summed E-state index contributed by atoms with van der Waals surface area (Å²) in [5.74, 6) is 0.306. The first-order chi connectivity index (χ1) is 13.0. The molecular weight excluding hydrogens is 352 g/mol. The van der Waals surface area contributed by atoms with Crippen molar-refractivity contribution in [2.24, 2.45) is 5.92 Å². The summed E-state index contributed by atoms with van der Waals surface area (Å²) in [6, 6.07) is 5.29. The molecule has 8 heteroatoms. The largest absolute Gasteiger partial charge is 0.481 e. The van der Waals surface area contributed by atoms with E-state index < -0.39 is 5.97 Å². The molecule has 2 aliphatic heterocycles. The van der Waals surface area contributed by atoms with Crippen molar-refractivity contribution in [2.75, 3.05) is 25.2 Å². The van der Waals surface area contributed by atoms with Crippen molar-refractivity contribution in [3.63, 3.8) is 0 Å². The van der Waals surface area contributed by atoms with Crippen LogP contribution >= 0.6 is 0 Å². The van der Waals surface area contributed by atoms with Crippen molar-refractivity contribution in [2.45, 2.75) is 38.5 Å². The summed E-state index contributed by atoms with van der Waals surface area (Å²) in [6.45, 7) is 1.30. The molecule has 1 aromatic rings. The van der Waals surface area contributed by atoms with E-state index >= 15 is 0 Å². The molecule has 0 saturated carbocycles. The van der Waals surface area contributed by atoms with E-state index in [9.17, 15) is 14.4 Å². The molecule has 0 aliphatic carbocycles. The van der Waals surface area contributed by atoms with Crippen molar-refractivity contribution in [1.82, 2.24) is 4.90 Å². The summed E-state index contributed by atoms with van der Waals surface area (Å²) in [6.07, 6.45) is 2.79. The number of carbonyl (C=O) groups excluding carboxylic acids is 2. The molecule has 2 amide bonds. The first kappa shape index (κ1) is 19.0. The lowest BCUT2D eigenvalue weighted by atomic mass is 9.95. The number of aliphatic carboxylic acids is 1. The molecular formula is C19H24N2O6. The van der Waals surface area contributed by atoms with Gasteiger partial charge in [-0.1, -0.05) is 0 Å². The SMILES string of the molecule is O=C(O)CCCCC(=O)N1CCC(C(=O)Nc2ccc3c(c2)OCO3)CC1.